The maximum Gasteiger partial charge on any atom is 0.0991 e. The summed E-state index contributed by atoms with van der Waals surface area (Å²) >= 11 is 1.70. The van der Waals surface area contributed by atoms with Gasteiger partial charge in [-0.05, 0) is 91.0 Å². The lowest BCUT2D eigenvalue weighted by Gasteiger charge is -2.13. The van der Waals surface area contributed by atoms with E-state index in [1.807, 2.05) is 24.3 Å². The fourth-order valence-corrected chi connectivity index (χ4v) is 9.26. The Morgan fingerprint density at radius 1 is 0.352 bits per heavy atom. The zero-order valence-electron chi connectivity index (χ0n) is 29.0. The summed E-state index contributed by atoms with van der Waals surface area (Å²) in [6.07, 6.45) is 0. The van der Waals surface area contributed by atoms with Gasteiger partial charge in [-0.3, -0.25) is 0 Å². The minimum atomic E-state index is 0.667. The highest BCUT2D eigenvalue weighted by Gasteiger charge is 2.25. The molecule has 11 aromatic rings. The average molecular weight is 707 g/mol. The molecule has 0 bridgehead atoms. The summed E-state index contributed by atoms with van der Waals surface area (Å²) in [5, 5.41) is 16.6. The van der Waals surface area contributed by atoms with Crippen molar-refractivity contribution in [2.75, 3.05) is 0 Å². The van der Waals surface area contributed by atoms with Crippen molar-refractivity contribution in [1.29, 1.82) is 5.26 Å². The molecule has 0 aliphatic heterocycles. The predicted molar refractivity (Wildman–Crippen MR) is 225 cm³/mol. The molecule has 0 unspecified atom stereocenters. The molecule has 0 radical (unpaired) electrons. The molecule has 0 aliphatic carbocycles. The summed E-state index contributed by atoms with van der Waals surface area (Å²) in [5.41, 5.74) is 11.1. The maximum absolute atomic E-state index is 9.29. The van der Waals surface area contributed by atoms with Gasteiger partial charge in [-0.25, -0.2) is 0 Å². The third-order valence-corrected chi connectivity index (χ3v) is 11.7. The third-order valence-electron chi connectivity index (χ3n) is 10.7. The number of hydrogen-bond acceptors (Lipinski definition) is 2. The number of rotatable bonds is 5. The van der Waals surface area contributed by atoms with E-state index in [4.69, 9.17) is 0 Å². The Hall–Kier alpha value is -7.00. The fourth-order valence-electron chi connectivity index (χ4n) is 8.44. The van der Waals surface area contributed by atoms with E-state index in [2.05, 4.69) is 177 Å². The molecule has 0 saturated heterocycles. The molecule has 4 nitrogen and oxygen atoms in total. The Kier molecular flexibility index (Phi) is 6.82. The molecule has 8 aromatic carbocycles. The highest BCUT2D eigenvalue weighted by atomic mass is 32.2. The monoisotopic (exact) mass is 706 g/mol. The number of nitriles is 1. The van der Waals surface area contributed by atoms with Crippen LogP contribution in [0.25, 0.3) is 82.5 Å². The van der Waals surface area contributed by atoms with Gasteiger partial charge in [0.05, 0.1) is 44.7 Å². The van der Waals surface area contributed by atoms with Crippen molar-refractivity contribution in [3.63, 3.8) is 0 Å². The van der Waals surface area contributed by atoms with Gasteiger partial charge in [0.2, 0.25) is 0 Å². The van der Waals surface area contributed by atoms with Gasteiger partial charge >= 0.3 is 0 Å². The molecule has 0 fully saturated rings. The Labute approximate surface area is 315 Å². The van der Waals surface area contributed by atoms with Gasteiger partial charge in [-0.15, -0.1) is 0 Å². The van der Waals surface area contributed by atoms with Gasteiger partial charge < -0.3 is 13.7 Å². The van der Waals surface area contributed by atoms with Crippen LogP contribution in [0.4, 0.5) is 0 Å². The largest absolute Gasteiger partial charge is 0.309 e. The quantitative estimate of drug-likeness (QED) is 0.179. The topological polar surface area (TPSA) is 38.6 Å². The van der Waals surface area contributed by atoms with E-state index < -0.39 is 0 Å². The van der Waals surface area contributed by atoms with Crippen molar-refractivity contribution < 1.29 is 0 Å². The van der Waals surface area contributed by atoms with Crippen LogP contribution in [0.1, 0.15) is 5.56 Å². The molecular weight excluding hydrogens is 677 g/mol. The molecule has 54 heavy (non-hydrogen) atoms. The first-order valence-corrected chi connectivity index (χ1v) is 18.9. The Morgan fingerprint density at radius 2 is 0.796 bits per heavy atom. The van der Waals surface area contributed by atoms with E-state index in [1.165, 1.54) is 59.9 Å². The van der Waals surface area contributed by atoms with Gasteiger partial charge in [-0.2, -0.15) is 5.26 Å². The van der Waals surface area contributed by atoms with Gasteiger partial charge in [0.1, 0.15) is 0 Å². The molecule has 0 saturated carbocycles. The molecular formula is C49H30N4S. The number of hydrogen-bond donors (Lipinski definition) is 0. The van der Waals surface area contributed by atoms with Crippen molar-refractivity contribution in [1.82, 2.24) is 13.7 Å². The first-order valence-electron chi connectivity index (χ1n) is 18.1. The minimum absolute atomic E-state index is 0.667. The van der Waals surface area contributed by atoms with Crippen molar-refractivity contribution >= 4 is 77.2 Å². The van der Waals surface area contributed by atoms with Crippen LogP contribution in [0.5, 0.6) is 0 Å². The van der Waals surface area contributed by atoms with Gasteiger partial charge in [-0.1, -0.05) is 103 Å². The summed E-state index contributed by atoms with van der Waals surface area (Å²) in [5.74, 6) is 0. The molecule has 0 N–H and O–H groups in total. The maximum atomic E-state index is 9.29. The molecule has 0 amide bonds. The van der Waals surface area contributed by atoms with E-state index in [0.29, 0.717) is 5.56 Å². The third kappa shape index (κ3) is 4.51. The lowest BCUT2D eigenvalue weighted by molar-refractivity contribution is 1.14. The van der Waals surface area contributed by atoms with Gasteiger partial charge in [0.15, 0.2) is 0 Å². The van der Waals surface area contributed by atoms with Crippen LogP contribution in [0.15, 0.2) is 192 Å². The summed E-state index contributed by atoms with van der Waals surface area (Å²) in [6.45, 7) is 0. The van der Waals surface area contributed by atoms with E-state index in [0.717, 1.165) is 32.4 Å². The smallest absolute Gasteiger partial charge is 0.0991 e. The lowest BCUT2D eigenvalue weighted by Crippen LogP contribution is -1.98. The average Bonchev–Trinajstić information content (AvgIpc) is 3.88. The Morgan fingerprint density at radius 3 is 1.41 bits per heavy atom. The molecule has 3 heterocycles. The van der Waals surface area contributed by atoms with Crippen molar-refractivity contribution in [2.45, 2.75) is 9.79 Å². The number of nitrogens with zero attached hydrogens (tertiary/aromatic N) is 4. The number of para-hydroxylation sites is 4. The summed E-state index contributed by atoms with van der Waals surface area (Å²) in [7, 11) is 0. The van der Waals surface area contributed by atoms with Crippen LogP contribution in [-0.2, 0) is 0 Å². The second-order valence-electron chi connectivity index (χ2n) is 13.7. The Bertz CT molecular complexity index is 3270. The number of fused-ring (bicyclic) bond motifs is 11. The minimum Gasteiger partial charge on any atom is -0.309 e. The van der Waals surface area contributed by atoms with Crippen LogP contribution in [0.2, 0.25) is 0 Å². The van der Waals surface area contributed by atoms with Crippen molar-refractivity contribution in [3.8, 4) is 23.1 Å². The van der Waals surface area contributed by atoms with Crippen molar-refractivity contribution in [2.24, 2.45) is 0 Å². The van der Waals surface area contributed by atoms with Crippen LogP contribution in [0, 0.1) is 11.3 Å². The first kappa shape index (κ1) is 30.6. The van der Waals surface area contributed by atoms with Crippen LogP contribution in [0.3, 0.4) is 0 Å². The summed E-state index contributed by atoms with van der Waals surface area (Å²) < 4.78 is 7.38. The number of aromatic nitrogens is 3. The lowest BCUT2D eigenvalue weighted by atomic mass is 10.1. The van der Waals surface area contributed by atoms with Crippen molar-refractivity contribution in [3.05, 3.63) is 188 Å². The molecule has 0 aliphatic rings. The van der Waals surface area contributed by atoms with Gasteiger partial charge in [0.25, 0.3) is 0 Å². The van der Waals surface area contributed by atoms with Crippen LogP contribution < -0.4 is 0 Å². The normalized spacial score (nSPS) is 11.8. The van der Waals surface area contributed by atoms with E-state index >= 15 is 0 Å². The zero-order chi connectivity index (χ0) is 35.8. The van der Waals surface area contributed by atoms with E-state index in [1.54, 1.807) is 11.8 Å². The van der Waals surface area contributed by atoms with Crippen LogP contribution in [-0.4, -0.2) is 13.7 Å². The molecule has 5 heteroatoms. The van der Waals surface area contributed by atoms with Crippen LogP contribution >= 0.6 is 11.8 Å². The fraction of sp³-hybridized carbons (Fsp3) is 0. The Balaban J connectivity index is 1.29. The van der Waals surface area contributed by atoms with E-state index in [-0.39, 0.29) is 0 Å². The molecule has 11 rings (SSSR count). The first-order chi connectivity index (χ1) is 26.8. The zero-order valence-corrected chi connectivity index (χ0v) is 29.8. The molecule has 252 valence electrons. The molecule has 0 spiro atoms. The highest BCUT2D eigenvalue weighted by molar-refractivity contribution is 7.99. The SMILES string of the molecule is N#Cc1ccc(Sc2ccc(-n3c4ccc5c6ccccc6n(-c6ccccc6)c5c4c4ccc5c6ccccc6n(-c6ccccc6)c5c43)cc2)cc1. The molecule has 3 aromatic heterocycles. The summed E-state index contributed by atoms with van der Waals surface area (Å²) in [4.78, 5) is 2.24. The molecule has 0 atom stereocenters. The van der Waals surface area contributed by atoms with Gasteiger partial charge in [0, 0.05) is 59.2 Å². The van der Waals surface area contributed by atoms with E-state index in [9.17, 15) is 5.26 Å². The standard InChI is InChI=1S/C49H30N4S/c50-31-32-19-23-36(24-20-32)54-37-25-21-35(22-26-37)53-45-30-29-40-38-15-7-9-17-43(38)51(33-11-3-1-4-12-33)47(40)46(45)42-28-27-41-39-16-8-10-18-44(39)52(48(41)49(42)53)34-13-5-2-6-14-34/h1-30H. The highest BCUT2D eigenvalue weighted by Crippen LogP contribution is 2.46. The summed E-state index contributed by atoms with van der Waals surface area (Å²) in [6, 6.07) is 67.2. The second kappa shape index (κ2) is 12.0. The number of benzene rings is 8. The predicted octanol–water partition coefficient (Wildman–Crippen LogP) is 13.0. The second-order valence-corrected chi connectivity index (χ2v) is 14.8.